The van der Waals surface area contributed by atoms with Crippen molar-refractivity contribution >= 4 is 11.7 Å². The Bertz CT molecular complexity index is 1120. The summed E-state index contributed by atoms with van der Waals surface area (Å²) in [6.45, 7) is 6.15. The number of allylic oxidation sites excluding steroid dienone is 1. The smallest absolute Gasteiger partial charge is 0.279 e. The molecule has 0 bridgehead atoms. The summed E-state index contributed by atoms with van der Waals surface area (Å²) in [5, 5.41) is 7.56. The van der Waals surface area contributed by atoms with Crippen molar-refractivity contribution in [2.45, 2.75) is 58.0 Å². The molecule has 0 spiro atoms. The molecule has 0 atom stereocenters. The van der Waals surface area contributed by atoms with Gasteiger partial charge in [0.15, 0.2) is 5.82 Å². The summed E-state index contributed by atoms with van der Waals surface area (Å²) in [7, 11) is 0. The third-order valence-corrected chi connectivity index (χ3v) is 5.77. The number of hydrogen-bond donors (Lipinski definition) is 1. The van der Waals surface area contributed by atoms with E-state index in [0.29, 0.717) is 23.7 Å². The van der Waals surface area contributed by atoms with Gasteiger partial charge in [0.25, 0.3) is 5.56 Å². The van der Waals surface area contributed by atoms with E-state index in [1.165, 1.54) is 10.9 Å². The molecule has 7 nitrogen and oxygen atoms in total. The van der Waals surface area contributed by atoms with Crippen LogP contribution in [0.1, 0.15) is 43.4 Å². The Morgan fingerprint density at radius 1 is 1.23 bits per heavy atom. The molecular weight excluding hydrogens is 378 g/mol. The first-order chi connectivity index (χ1) is 14.6. The summed E-state index contributed by atoms with van der Waals surface area (Å²) in [5.41, 5.74) is 1.71. The van der Waals surface area contributed by atoms with E-state index in [1.807, 2.05) is 41.8 Å². The molecule has 3 aromatic rings. The van der Waals surface area contributed by atoms with Gasteiger partial charge in [0.2, 0.25) is 11.7 Å². The zero-order valence-electron chi connectivity index (χ0n) is 17.3. The van der Waals surface area contributed by atoms with Gasteiger partial charge in [-0.1, -0.05) is 55.7 Å². The fourth-order valence-electron chi connectivity index (χ4n) is 4.16. The van der Waals surface area contributed by atoms with Gasteiger partial charge in [-0.25, -0.2) is 0 Å². The highest BCUT2D eigenvalue weighted by molar-refractivity contribution is 5.79. The van der Waals surface area contributed by atoms with Crippen molar-refractivity contribution in [2.75, 3.05) is 0 Å². The van der Waals surface area contributed by atoms with Gasteiger partial charge in [-0.15, -0.1) is 11.7 Å². The molecule has 1 aliphatic rings. The second kappa shape index (κ2) is 8.65. The Hall–Kier alpha value is -3.22. The minimum absolute atomic E-state index is 0.0365. The minimum atomic E-state index is -0.295. The molecule has 7 heteroatoms. The lowest BCUT2D eigenvalue weighted by molar-refractivity contribution is -0.121. The standard InChI is InChI=1S/C23H27N5O2/c1-3-14-27-16(2)19(15-20(29)24-18-12-8-5-9-13-18)22(30)28-23(27)25-21(26-28)17-10-6-4-7-11-17/h3-4,6-7,10-11,18H,1,5,8-9,12-15H2,2H3,(H,24,29). The van der Waals surface area contributed by atoms with Crippen LogP contribution in [-0.4, -0.2) is 31.1 Å². The highest BCUT2D eigenvalue weighted by Crippen LogP contribution is 2.19. The van der Waals surface area contributed by atoms with E-state index in [4.69, 9.17) is 0 Å². The van der Waals surface area contributed by atoms with Gasteiger partial charge in [-0.2, -0.15) is 9.50 Å². The Balaban J connectivity index is 1.73. The maximum atomic E-state index is 13.2. The number of carbonyl (C=O) groups is 1. The molecule has 1 fully saturated rings. The number of hydrogen-bond acceptors (Lipinski definition) is 4. The first-order valence-corrected chi connectivity index (χ1v) is 10.5. The first-order valence-electron chi connectivity index (χ1n) is 10.5. The van der Waals surface area contributed by atoms with Gasteiger partial charge in [0, 0.05) is 29.4 Å². The summed E-state index contributed by atoms with van der Waals surface area (Å²) in [4.78, 5) is 30.5. The van der Waals surface area contributed by atoms with Crippen molar-refractivity contribution in [3.63, 3.8) is 0 Å². The minimum Gasteiger partial charge on any atom is -0.353 e. The van der Waals surface area contributed by atoms with Crippen molar-refractivity contribution in [1.29, 1.82) is 0 Å². The molecule has 1 aromatic carbocycles. The van der Waals surface area contributed by atoms with Gasteiger partial charge >= 0.3 is 0 Å². The molecule has 156 valence electrons. The Kier molecular flexibility index (Phi) is 5.79. The molecule has 2 aromatic heterocycles. The Labute approximate surface area is 175 Å². The second-order valence-electron chi connectivity index (χ2n) is 7.86. The number of amides is 1. The monoisotopic (exact) mass is 405 g/mol. The molecule has 1 amide bonds. The summed E-state index contributed by atoms with van der Waals surface area (Å²) in [5.74, 6) is 0.816. The summed E-state index contributed by atoms with van der Waals surface area (Å²) in [6, 6.07) is 9.75. The summed E-state index contributed by atoms with van der Waals surface area (Å²) >= 11 is 0. The molecule has 0 saturated heterocycles. The van der Waals surface area contributed by atoms with Crippen molar-refractivity contribution in [1.82, 2.24) is 24.5 Å². The lowest BCUT2D eigenvalue weighted by Gasteiger charge is -2.23. The van der Waals surface area contributed by atoms with Crippen molar-refractivity contribution in [3.8, 4) is 11.4 Å². The SMILES string of the molecule is C=CCn1c(C)c(CC(=O)NC2CCCCC2)c(=O)n2nc(-c3ccccc3)nc12. The van der Waals surface area contributed by atoms with Crippen LogP contribution in [0.5, 0.6) is 0 Å². The van der Waals surface area contributed by atoms with Crippen LogP contribution in [0.2, 0.25) is 0 Å². The first kappa shape index (κ1) is 20.1. The van der Waals surface area contributed by atoms with Crippen LogP contribution in [0.15, 0.2) is 47.8 Å². The van der Waals surface area contributed by atoms with Crippen molar-refractivity contribution in [3.05, 3.63) is 64.6 Å². The van der Waals surface area contributed by atoms with Crippen LogP contribution in [0.25, 0.3) is 17.2 Å². The maximum Gasteiger partial charge on any atom is 0.279 e. The van der Waals surface area contributed by atoms with E-state index < -0.39 is 0 Å². The van der Waals surface area contributed by atoms with Crippen LogP contribution in [0.3, 0.4) is 0 Å². The zero-order valence-corrected chi connectivity index (χ0v) is 17.3. The van der Waals surface area contributed by atoms with Crippen LogP contribution in [0.4, 0.5) is 0 Å². The van der Waals surface area contributed by atoms with Gasteiger partial charge in [0.05, 0.1) is 6.42 Å². The molecule has 4 rings (SSSR count). The van der Waals surface area contributed by atoms with Crippen molar-refractivity contribution in [2.24, 2.45) is 0 Å². The number of nitrogens with one attached hydrogen (secondary N) is 1. The average molecular weight is 406 g/mol. The lowest BCUT2D eigenvalue weighted by atomic mass is 9.95. The van der Waals surface area contributed by atoms with Gasteiger partial charge < -0.3 is 9.88 Å². The average Bonchev–Trinajstić information content (AvgIpc) is 3.21. The van der Waals surface area contributed by atoms with E-state index in [1.54, 1.807) is 6.08 Å². The van der Waals surface area contributed by atoms with Crippen LogP contribution >= 0.6 is 0 Å². The molecule has 1 aliphatic carbocycles. The topological polar surface area (TPSA) is 81.3 Å². The normalized spacial score (nSPS) is 14.7. The predicted octanol–water partition coefficient (Wildman–Crippen LogP) is 3.04. The summed E-state index contributed by atoms with van der Waals surface area (Å²) in [6.07, 6.45) is 7.31. The fraction of sp³-hybridized carbons (Fsp3) is 0.391. The second-order valence-corrected chi connectivity index (χ2v) is 7.86. The molecule has 30 heavy (non-hydrogen) atoms. The zero-order chi connectivity index (χ0) is 21.1. The predicted molar refractivity (Wildman–Crippen MR) is 116 cm³/mol. The van der Waals surface area contributed by atoms with E-state index in [-0.39, 0.29) is 23.9 Å². The van der Waals surface area contributed by atoms with Crippen LogP contribution in [0, 0.1) is 6.92 Å². The molecule has 1 N–H and O–H groups in total. The Morgan fingerprint density at radius 2 is 1.97 bits per heavy atom. The number of nitrogens with zero attached hydrogens (tertiary/aromatic N) is 4. The molecular formula is C23H27N5O2. The number of fused-ring (bicyclic) bond motifs is 1. The lowest BCUT2D eigenvalue weighted by Crippen LogP contribution is -2.39. The third kappa shape index (κ3) is 3.92. The molecule has 0 radical (unpaired) electrons. The van der Waals surface area contributed by atoms with E-state index in [2.05, 4.69) is 22.0 Å². The number of carbonyl (C=O) groups excluding carboxylic acids is 1. The number of benzene rings is 1. The highest BCUT2D eigenvalue weighted by Gasteiger charge is 2.22. The highest BCUT2D eigenvalue weighted by atomic mass is 16.2. The van der Waals surface area contributed by atoms with Gasteiger partial charge in [-0.05, 0) is 19.8 Å². The Morgan fingerprint density at radius 3 is 2.67 bits per heavy atom. The van der Waals surface area contributed by atoms with Crippen LogP contribution in [-0.2, 0) is 17.8 Å². The largest absolute Gasteiger partial charge is 0.353 e. The third-order valence-electron chi connectivity index (χ3n) is 5.77. The maximum absolute atomic E-state index is 13.2. The number of aromatic nitrogens is 4. The quantitative estimate of drug-likeness (QED) is 0.639. The molecule has 0 aliphatic heterocycles. The van der Waals surface area contributed by atoms with E-state index >= 15 is 0 Å². The van der Waals surface area contributed by atoms with E-state index in [9.17, 15) is 9.59 Å². The fourth-order valence-corrected chi connectivity index (χ4v) is 4.16. The van der Waals surface area contributed by atoms with E-state index in [0.717, 1.165) is 36.9 Å². The van der Waals surface area contributed by atoms with Gasteiger partial charge in [0.1, 0.15) is 0 Å². The summed E-state index contributed by atoms with van der Waals surface area (Å²) < 4.78 is 3.19. The molecule has 2 heterocycles. The van der Waals surface area contributed by atoms with Gasteiger partial charge in [-0.3, -0.25) is 9.59 Å². The number of rotatable bonds is 6. The molecule has 0 unspecified atom stereocenters. The van der Waals surface area contributed by atoms with Crippen LogP contribution < -0.4 is 10.9 Å². The van der Waals surface area contributed by atoms with Crippen molar-refractivity contribution < 1.29 is 4.79 Å². The molecule has 1 saturated carbocycles.